The molecule has 2 unspecified atom stereocenters. The summed E-state index contributed by atoms with van der Waals surface area (Å²) in [6.45, 7) is 14.5. The van der Waals surface area contributed by atoms with E-state index < -0.39 is 35.2 Å². The van der Waals surface area contributed by atoms with Gasteiger partial charge in [0.25, 0.3) is 0 Å². The molecule has 0 saturated heterocycles. The van der Waals surface area contributed by atoms with Gasteiger partial charge in [-0.15, -0.1) is 6.42 Å². The van der Waals surface area contributed by atoms with Gasteiger partial charge in [-0.25, -0.2) is 4.79 Å². The Kier molecular flexibility index (Phi) is 10.1. The third-order valence-electron chi connectivity index (χ3n) is 5.58. The average Bonchev–Trinajstić information content (AvgIpc) is 2.79. The predicted octanol–water partition coefficient (Wildman–Crippen LogP) is 5.00. The van der Waals surface area contributed by atoms with E-state index in [9.17, 15) is 14.4 Å². The number of nitrogens with one attached hydrogen (secondary N) is 2. The van der Waals surface area contributed by atoms with Crippen molar-refractivity contribution in [2.75, 3.05) is 0 Å². The van der Waals surface area contributed by atoms with E-state index in [0.717, 1.165) is 5.56 Å². The van der Waals surface area contributed by atoms with Crippen molar-refractivity contribution in [3.8, 4) is 12.3 Å². The summed E-state index contributed by atoms with van der Waals surface area (Å²) in [6.07, 6.45) is 5.30. The fraction of sp³-hybridized carbons (Fsp3) is 0.452. The van der Waals surface area contributed by atoms with Crippen LogP contribution >= 0.6 is 0 Å². The fourth-order valence-electron chi connectivity index (χ4n) is 4.14. The van der Waals surface area contributed by atoms with E-state index in [0.29, 0.717) is 11.1 Å². The van der Waals surface area contributed by atoms with Crippen molar-refractivity contribution >= 4 is 17.9 Å². The first-order chi connectivity index (χ1) is 17.6. The first-order valence-corrected chi connectivity index (χ1v) is 12.9. The third-order valence-corrected chi connectivity index (χ3v) is 5.58. The van der Waals surface area contributed by atoms with Crippen LogP contribution in [-0.4, -0.2) is 46.0 Å². The van der Waals surface area contributed by atoms with Gasteiger partial charge in [0, 0.05) is 23.6 Å². The lowest BCUT2D eigenvalue weighted by Gasteiger charge is -2.43. The molecular formula is C31H41N3O4. The average molecular weight is 520 g/mol. The van der Waals surface area contributed by atoms with E-state index in [2.05, 4.69) is 16.6 Å². The zero-order valence-electron chi connectivity index (χ0n) is 23.8. The number of hydrogen-bond donors (Lipinski definition) is 2. The largest absolute Gasteiger partial charge is 0.444 e. The molecule has 3 amide bonds. The molecule has 2 N–H and O–H groups in total. The summed E-state index contributed by atoms with van der Waals surface area (Å²) in [6, 6.07) is 14.3. The SMILES string of the molecule is C#Cc1ccccc1C(C(=O)NC(C)C)N(C(=O)C(Cc1ccccc1)NC(=O)OC(C)(C)C)C(C)(C)C. The number of ether oxygens (including phenoxy) is 1. The first-order valence-electron chi connectivity index (χ1n) is 12.9. The van der Waals surface area contributed by atoms with Gasteiger partial charge in [-0.05, 0) is 72.6 Å². The number of carbonyl (C=O) groups excluding carboxylic acids is 3. The quantitative estimate of drug-likeness (QED) is 0.481. The summed E-state index contributed by atoms with van der Waals surface area (Å²) in [5.41, 5.74) is 0.329. The molecule has 7 heteroatoms. The Morgan fingerprint density at radius 1 is 0.921 bits per heavy atom. The maximum Gasteiger partial charge on any atom is 0.408 e. The molecule has 2 rings (SSSR count). The summed E-state index contributed by atoms with van der Waals surface area (Å²) >= 11 is 0. The van der Waals surface area contributed by atoms with Gasteiger partial charge in [-0.3, -0.25) is 9.59 Å². The maximum atomic E-state index is 14.4. The van der Waals surface area contributed by atoms with Crippen LogP contribution in [-0.2, 0) is 20.7 Å². The van der Waals surface area contributed by atoms with E-state index in [4.69, 9.17) is 11.2 Å². The minimum Gasteiger partial charge on any atom is -0.444 e. The van der Waals surface area contributed by atoms with Gasteiger partial charge in [0.1, 0.15) is 17.7 Å². The molecule has 0 aliphatic rings. The Bertz CT molecular complexity index is 1150. The predicted molar refractivity (Wildman–Crippen MR) is 150 cm³/mol. The molecule has 2 aromatic rings. The van der Waals surface area contributed by atoms with Crippen molar-refractivity contribution < 1.29 is 19.1 Å². The highest BCUT2D eigenvalue weighted by molar-refractivity contribution is 5.93. The molecule has 38 heavy (non-hydrogen) atoms. The minimum absolute atomic E-state index is 0.167. The van der Waals surface area contributed by atoms with Gasteiger partial charge < -0.3 is 20.3 Å². The van der Waals surface area contributed by atoms with Crippen molar-refractivity contribution in [2.45, 2.75) is 91.1 Å². The highest BCUT2D eigenvalue weighted by atomic mass is 16.6. The number of terminal acetylenes is 1. The van der Waals surface area contributed by atoms with E-state index in [1.807, 2.05) is 65.0 Å². The standard InChI is InChI=1S/C31H41N3O4/c1-10-23-18-14-15-19-24(23)26(27(35)32-21(2)3)34(30(4,5)6)28(36)25(20-22-16-12-11-13-17-22)33-29(37)38-31(7,8)9/h1,11-19,21,25-26H,20H2,2-9H3,(H,32,35)(H,33,37). The molecule has 7 nitrogen and oxygen atoms in total. The second-order valence-electron chi connectivity index (χ2n) is 11.6. The van der Waals surface area contributed by atoms with E-state index in [-0.39, 0.29) is 18.4 Å². The van der Waals surface area contributed by atoms with Crippen LogP contribution in [0.1, 0.15) is 78.1 Å². The number of carbonyl (C=O) groups is 3. The zero-order valence-corrected chi connectivity index (χ0v) is 23.8. The second kappa shape index (κ2) is 12.6. The Morgan fingerprint density at radius 3 is 2.03 bits per heavy atom. The summed E-state index contributed by atoms with van der Waals surface area (Å²) in [5, 5.41) is 5.71. The van der Waals surface area contributed by atoms with Crippen LogP contribution in [0.2, 0.25) is 0 Å². The number of alkyl carbamates (subject to hydrolysis) is 1. The van der Waals surface area contributed by atoms with Crippen molar-refractivity contribution in [3.63, 3.8) is 0 Å². The monoisotopic (exact) mass is 519 g/mol. The highest BCUT2D eigenvalue weighted by Crippen LogP contribution is 2.32. The lowest BCUT2D eigenvalue weighted by molar-refractivity contribution is -0.148. The number of hydrogen-bond acceptors (Lipinski definition) is 4. The second-order valence-corrected chi connectivity index (χ2v) is 11.6. The smallest absolute Gasteiger partial charge is 0.408 e. The Hall–Kier alpha value is -3.79. The van der Waals surface area contributed by atoms with Crippen LogP contribution in [0.15, 0.2) is 54.6 Å². The number of amides is 3. The summed E-state index contributed by atoms with van der Waals surface area (Å²) < 4.78 is 5.48. The van der Waals surface area contributed by atoms with Gasteiger partial charge in [-0.2, -0.15) is 0 Å². The molecule has 0 radical (unpaired) electrons. The summed E-state index contributed by atoms with van der Waals surface area (Å²) in [4.78, 5) is 42.5. The Labute approximate surface area is 227 Å². The normalized spacial score (nSPS) is 13.2. The minimum atomic E-state index is -1.03. The zero-order chi connectivity index (χ0) is 28.7. The van der Waals surface area contributed by atoms with Crippen molar-refractivity contribution in [1.29, 1.82) is 0 Å². The topological polar surface area (TPSA) is 87.7 Å². The lowest BCUT2D eigenvalue weighted by Crippen LogP contribution is -2.59. The van der Waals surface area contributed by atoms with Crippen LogP contribution in [0.5, 0.6) is 0 Å². The molecule has 0 bridgehead atoms. The molecule has 0 spiro atoms. The van der Waals surface area contributed by atoms with Crippen molar-refractivity contribution in [3.05, 3.63) is 71.3 Å². The molecule has 2 aromatic carbocycles. The van der Waals surface area contributed by atoms with E-state index >= 15 is 0 Å². The third kappa shape index (κ3) is 8.65. The summed E-state index contributed by atoms with van der Waals surface area (Å²) in [5.74, 6) is 1.86. The van der Waals surface area contributed by atoms with Crippen LogP contribution in [0, 0.1) is 12.3 Å². The van der Waals surface area contributed by atoms with Crippen molar-refractivity contribution in [2.24, 2.45) is 0 Å². The van der Waals surface area contributed by atoms with Gasteiger partial charge in [0.2, 0.25) is 11.8 Å². The molecule has 0 aliphatic heterocycles. The van der Waals surface area contributed by atoms with Gasteiger partial charge >= 0.3 is 6.09 Å². The first kappa shape index (κ1) is 30.4. The van der Waals surface area contributed by atoms with Crippen LogP contribution in [0.3, 0.4) is 0 Å². The van der Waals surface area contributed by atoms with Gasteiger partial charge in [0.05, 0.1) is 0 Å². The Balaban J connectivity index is 2.66. The number of nitrogens with zero attached hydrogens (tertiary/aromatic N) is 1. The molecule has 0 aromatic heterocycles. The molecule has 0 heterocycles. The lowest BCUT2D eigenvalue weighted by atomic mass is 9.92. The molecule has 0 fully saturated rings. The van der Waals surface area contributed by atoms with Crippen LogP contribution < -0.4 is 10.6 Å². The Morgan fingerprint density at radius 2 is 1.50 bits per heavy atom. The van der Waals surface area contributed by atoms with Crippen LogP contribution in [0.25, 0.3) is 0 Å². The number of rotatable bonds is 8. The fourth-order valence-corrected chi connectivity index (χ4v) is 4.14. The maximum absolute atomic E-state index is 14.4. The van der Waals surface area contributed by atoms with E-state index in [1.54, 1.807) is 45.0 Å². The van der Waals surface area contributed by atoms with Gasteiger partial charge in [0.15, 0.2) is 0 Å². The summed E-state index contributed by atoms with van der Waals surface area (Å²) in [7, 11) is 0. The van der Waals surface area contributed by atoms with Crippen LogP contribution in [0.4, 0.5) is 4.79 Å². The molecule has 204 valence electrons. The van der Waals surface area contributed by atoms with Crippen molar-refractivity contribution in [1.82, 2.24) is 15.5 Å². The molecule has 0 aliphatic carbocycles. The van der Waals surface area contributed by atoms with E-state index in [1.165, 1.54) is 4.90 Å². The highest BCUT2D eigenvalue weighted by Gasteiger charge is 2.42. The molecular weight excluding hydrogens is 478 g/mol. The number of benzene rings is 2. The molecule has 2 atom stereocenters. The van der Waals surface area contributed by atoms with Gasteiger partial charge in [-0.1, -0.05) is 54.5 Å². The molecule has 0 saturated carbocycles.